The van der Waals surface area contributed by atoms with E-state index in [9.17, 15) is 9.18 Å². The molecule has 7 heteroatoms. The second-order valence-electron chi connectivity index (χ2n) is 5.12. The van der Waals surface area contributed by atoms with Crippen LogP contribution in [-0.2, 0) is 17.9 Å². The zero-order valence-corrected chi connectivity index (χ0v) is 11.4. The summed E-state index contributed by atoms with van der Waals surface area (Å²) in [5.74, 6) is -0.565. The standard InChI is InChI=1S/C14H16FN5O/c15-10-1-3-12(4-2-10)17-14(21)9-20-8-13(18-19-20)7-16-11-5-6-11/h1-4,8,11,16H,5-7,9H2,(H,17,21). The van der Waals surface area contributed by atoms with E-state index in [2.05, 4.69) is 20.9 Å². The third-order valence-corrected chi connectivity index (χ3v) is 3.17. The summed E-state index contributed by atoms with van der Waals surface area (Å²) in [6.07, 6.45) is 4.18. The summed E-state index contributed by atoms with van der Waals surface area (Å²) in [6, 6.07) is 6.23. The number of benzene rings is 1. The van der Waals surface area contributed by atoms with Gasteiger partial charge in [-0.25, -0.2) is 9.07 Å². The zero-order valence-electron chi connectivity index (χ0n) is 11.4. The lowest BCUT2D eigenvalue weighted by atomic mass is 10.3. The van der Waals surface area contributed by atoms with Gasteiger partial charge in [-0.2, -0.15) is 0 Å². The molecule has 1 heterocycles. The number of nitrogens with one attached hydrogen (secondary N) is 2. The van der Waals surface area contributed by atoms with E-state index in [-0.39, 0.29) is 18.3 Å². The van der Waals surface area contributed by atoms with Crippen LogP contribution in [0.3, 0.4) is 0 Å². The van der Waals surface area contributed by atoms with Gasteiger partial charge in [0.05, 0.1) is 11.9 Å². The Kier molecular flexibility index (Phi) is 3.92. The number of nitrogens with zero attached hydrogens (tertiary/aromatic N) is 3. The molecule has 1 amide bonds. The fourth-order valence-corrected chi connectivity index (χ4v) is 1.91. The van der Waals surface area contributed by atoms with Crippen LogP contribution in [0.15, 0.2) is 30.5 Å². The van der Waals surface area contributed by atoms with Crippen LogP contribution in [0.2, 0.25) is 0 Å². The number of rotatable bonds is 6. The first-order valence-electron chi connectivity index (χ1n) is 6.87. The molecule has 1 aromatic heterocycles. The van der Waals surface area contributed by atoms with Crippen LogP contribution in [0.1, 0.15) is 18.5 Å². The van der Waals surface area contributed by atoms with Gasteiger partial charge in [0.25, 0.3) is 0 Å². The summed E-state index contributed by atoms with van der Waals surface area (Å²) in [7, 11) is 0. The first kappa shape index (κ1) is 13.7. The first-order valence-corrected chi connectivity index (χ1v) is 6.87. The molecule has 1 aliphatic carbocycles. The maximum Gasteiger partial charge on any atom is 0.246 e. The van der Waals surface area contributed by atoms with Crippen molar-refractivity contribution in [2.75, 3.05) is 5.32 Å². The average Bonchev–Trinajstić information content (AvgIpc) is 3.19. The highest BCUT2D eigenvalue weighted by Crippen LogP contribution is 2.18. The molecule has 1 aromatic carbocycles. The van der Waals surface area contributed by atoms with Gasteiger partial charge in [-0.1, -0.05) is 5.21 Å². The lowest BCUT2D eigenvalue weighted by Crippen LogP contribution is -2.19. The molecule has 110 valence electrons. The topological polar surface area (TPSA) is 71.8 Å². The number of carbonyl (C=O) groups is 1. The lowest BCUT2D eigenvalue weighted by molar-refractivity contribution is -0.116. The normalized spacial score (nSPS) is 14.1. The van der Waals surface area contributed by atoms with Crippen molar-refractivity contribution in [2.24, 2.45) is 0 Å². The third kappa shape index (κ3) is 4.09. The van der Waals surface area contributed by atoms with Gasteiger partial charge in [-0.3, -0.25) is 4.79 Å². The molecule has 2 N–H and O–H groups in total. The third-order valence-electron chi connectivity index (χ3n) is 3.17. The molecule has 21 heavy (non-hydrogen) atoms. The largest absolute Gasteiger partial charge is 0.324 e. The minimum Gasteiger partial charge on any atom is -0.324 e. The zero-order chi connectivity index (χ0) is 14.7. The van der Waals surface area contributed by atoms with E-state index in [0.717, 1.165) is 5.69 Å². The number of carbonyl (C=O) groups excluding carboxylic acids is 1. The van der Waals surface area contributed by atoms with Gasteiger partial charge in [-0.05, 0) is 37.1 Å². The van der Waals surface area contributed by atoms with Crippen LogP contribution >= 0.6 is 0 Å². The monoisotopic (exact) mass is 289 g/mol. The van der Waals surface area contributed by atoms with Gasteiger partial charge >= 0.3 is 0 Å². The molecule has 1 aliphatic rings. The van der Waals surface area contributed by atoms with Crippen molar-refractivity contribution in [2.45, 2.75) is 32.0 Å². The van der Waals surface area contributed by atoms with Crippen molar-refractivity contribution in [1.82, 2.24) is 20.3 Å². The predicted molar refractivity (Wildman–Crippen MR) is 74.9 cm³/mol. The summed E-state index contributed by atoms with van der Waals surface area (Å²) in [4.78, 5) is 11.8. The van der Waals surface area contributed by atoms with Crippen LogP contribution < -0.4 is 10.6 Å². The van der Waals surface area contributed by atoms with E-state index >= 15 is 0 Å². The second-order valence-corrected chi connectivity index (χ2v) is 5.12. The van der Waals surface area contributed by atoms with Crippen molar-refractivity contribution in [3.05, 3.63) is 42.0 Å². The van der Waals surface area contributed by atoms with Gasteiger partial charge in [0.1, 0.15) is 12.4 Å². The van der Waals surface area contributed by atoms with Gasteiger partial charge in [-0.15, -0.1) is 5.10 Å². The van der Waals surface area contributed by atoms with Crippen molar-refractivity contribution < 1.29 is 9.18 Å². The predicted octanol–water partition coefficient (Wildman–Crippen LogP) is 1.31. The Labute approximate surface area is 121 Å². The Bertz CT molecular complexity index is 621. The Morgan fingerprint density at radius 1 is 1.33 bits per heavy atom. The summed E-state index contributed by atoms with van der Waals surface area (Å²) in [5, 5.41) is 13.9. The quantitative estimate of drug-likeness (QED) is 0.841. The molecule has 0 bridgehead atoms. The maximum atomic E-state index is 12.8. The molecule has 3 rings (SSSR count). The molecule has 0 saturated heterocycles. The first-order chi connectivity index (χ1) is 10.2. The molecule has 1 fully saturated rings. The van der Waals surface area contributed by atoms with Gasteiger partial charge in [0.2, 0.25) is 5.91 Å². The van der Waals surface area contributed by atoms with E-state index < -0.39 is 0 Å². The molecular formula is C14H16FN5O. The average molecular weight is 289 g/mol. The molecule has 0 aliphatic heterocycles. The van der Waals surface area contributed by atoms with E-state index in [1.165, 1.54) is 41.8 Å². The molecule has 1 saturated carbocycles. The van der Waals surface area contributed by atoms with Crippen molar-refractivity contribution in [1.29, 1.82) is 0 Å². The summed E-state index contributed by atoms with van der Waals surface area (Å²) < 4.78 is 14.3. The Hall–Kier alpha value is -2.28. The highest BCUT2D eigenvalue weighted by Gasteiger charge is 2.20. The Balaban J connectivity index is 1.50. The molecular weight excluding hydrogens is 273 g/mol. The summed E-state index contributed by atoms with van der Waals surface area (Å²) in [6.45, 7) is 0.748. The highest BCUT2D eigenvalue weighted by atomic mass is 19.1. The van der Waals surface area contributed by atoms with Crippen LogP contribution in [0, 0.1) is 5.82 Å². The minimum absolute atomic E-state index is 0.0772. The molecule has 0 spiro atoms. The number of aromatic nitrogens is 3. The number of hydrogen-bond donors (Lipinski definition) is 2. The molecule has 0 unspecified atom stereocenters. The van der Waals surface area contributed by atoms with Crippen molar-refractivity contribution in [3.8, 4) is 0 Å². The molecule has 0 atom stereocenters. The molecule has 2 aromatic rings. The van der Waals surface area contributed by atoms with Gasteiger partial charge in [0.15, 0.2) is 0 Å². The van der Waals surface area contributed by atoms with E-state index in [0.29, 0.717) is 18.3 Å². The number of amides is 1. The Morgan fingerprint density at radius 2 is 2.10 bits per heavy atom. The Morgan fingerprint density at radius 3 is 2.81 bits per heavy atom. The lowest BCUT2D eigenvalue weighted by Gasteiger charge is -2.04. The van der Waals surface area contributed by atoms with Crippen LogP contribution in [-0.4, -0.2) is 26.9 Å². The smallest absolute Gasteiger partial charge is 0.246 e. The van der Waals surface area contributed by atoms with Crippen molar-refractivity contribution in [3.63, 3.8) is 0 Å². The van der Waals surface area contributed by atoms with Crippen LogP contribution in [0.4, 0.5) is 10.1 Å². The fraction of sp³-hybridized carbons (Fsp3) is 0.357. The SMILES string of the molecule is O=C(Cn1cc(CNC2CC2)nn1)Nc1ccc(F)cc1. The fourth-order valence-electron chi connectivity index (χ4n) is 1.91. The van der Waals surface area contributed by atoms with E-state index in [4.69, 9.17) is 0 Å². The van der Waals surface area contributed by atoms with Crippen LogP contribution in [0.25, 0.3) is 0 Å². The second kappa shape index (κ2) is 6.01. The summed E-state index contributed by atoms with van der Waals surface area (Å²) >= 11 is 0. The van der Waals surface area contributed by atoms with Crippen molar-refractivity contribution >= 4 is 11.6 Å². The van der Waals surface area contributed by atoms with E-state index in [1.54, 1.807) is 6.20 Å². The minimum atomic E-state index is -0.336. The van der Waals surface area contributed by atoms with Crippen LogP contribution in [0.5, 0.6) is 0 Å². The maximum absolute atomic E-state index is 12.8. The number of halogens is 1. The molecule has 0 radical (unpaired) electrons. The summed E-state index contributed by atoms with van der Waals surface area (Å²) in [5.41, 5.74) is 1.37. The molecule has 6 nitrogen and oxygen atoms in total. The van der Waals surface area contributed by atoms with Gasteiger partial charge in [0, 0.05) is 18.3 Å². The number of hydrogen-bond acceptors (Lipinski definition) is 4. The van der Waals surface area contributed by atoms with E-state index in [1.807, 2.05) is 0 Å². The number of anilines is 1. The highest BCUT2D eigenvalue weighted by molar-refractivity contribution is 5.90. The van der Waals surface area contributed by atoms with Gasteiger partial charge < -0.3 is 10.6 Å².